The van der Waals surface area contributed by atoms with Crippen molar-refractivity contribution in [2.24, 2.45) is 10.8 Å². The second-order valence-corrected chi connectivity index (χ2v) is 8.29. The summed E-state index contributed by atoms with van der Waals surface area (Å²) in [4.78, 5) is 15.3. The van der Waals surface area contributed by atoms with E-state index in [2.05, 4.69) is 35.7 Å². The molecule has 0 radical (unpaired) electrons. The van der Waals surface area contributed by atoms with Gasteiger partial charge in [-0.25, -0.2) is 0 Å². The van der Waals surface area contributed by atoms with Crippen molar-refractivity contribution in [2.45, 2.75) is 51.6 Å². The molecule has 3 atom stereocenters. The predicted octanol–water partition coefficient (Wildman–Crippen LogP) is 3.59. The summed E-state index contributed by atoms with van der Waals surface area (Å²) < 4.78 is 5.42. The number of piperidine rings is 1. The van der Waals surface area contributed by atoms with Crippen LogP contribution < -0.4 is 0 Å². The lowest BCUT2D eigenvalue weighted by Gasteiger charge is -2.58. The Kier molecular flexibility index (Phi) is 6.38. The van der Waals surface area contributed by atoms with Crippen molar-refractivity contribution >= 4 is 5.97 Å². The molecular weight excluding hydrogens is 338 g/mol. The Morgan fingerprint density at radius 2 is 2.11 bits per heavy atom. The first-order valence-electron chi connectivity index (χ1n) is 10.3. The number of aliphatic hydroxyl groups excluding tert-OH is 1. The van der Waals surface area contributed by atoms with Crippen LogP contribution in [0.4, 0.5) is 0 Å². The van der Waals surface area contributed by atoms with Crippen molar-refractivity contribution in [2.75, 3.05) is 26.2 Å². The van der Waals surface area contributed by atoms with Crippen LogP contribution in [0.3, 0.4) is 0 Å². The van der Waals surface area contributed by atoms with Gasteiger partial charge in [-0.05, 0) is 51.1 Å². The Morgan fingerprint density at radius 1 is 1.33 bits per heavy atom. The van der Waals surface area contributed by atoms with Crippen LogP contribution in [0.1, 0.15) is 44.6 Å². The van der Waals surface area contributed by atoms with Crippen molar-refractivity contribution in [3.05, 3.63) is 48.6 Å². The van der Waals surface area contributed by atoms with Gasteiger partial charge in [0.15, 0.2) is 0 Å². The molecule has 1 N–H and O–H groups in total. The van der Waals surface area contributed by atoms with Crippen LogP contribution in [0.15, 0.2) is 43.0 Å². The van der Waals surface area contributed by atoms with Gasteiger partial charge in [-0.3, -0.25) is 4.79 Å². The third kappa shape index (κ3) is 3.97. The number of likely N-dealkylation sites (tertiary alicyclic amines) is 1. The highest BCUT2D eigenvalue weighted by atomic mass is 16.5. The first-order chi connectivity index (χ1) is 13.1. The third-order valence-electron chi connectivity index (χ3n) is 6.46. The Labute approximate surface area is 163 Å². The number of carbonyl (C=O) groups is 1. The Bertz CT molecular complexity index is 646. The quantitative estimate of drug-likeness (QED) is 0.560. The monoisotopic (exact) mass is 371 g/mol. The minimum absolute atomic E-state index is 0.224. The average molecular weight is 372 g/mol. The first kappa shape index (κ1) is 20.1. The van der Waals surface area contributed by atoms with Gasteiger partial charge >= 0.3 is 5.97 Å². The molecule has 1 aliphatic heterocycles. The number of allylic oxidation sites excluding steroid dienone is 1. The molecule has 1 aliphatic carbocycles. The highest BCUT2D eigenvalue weighted by molar-refractivity contribution is 5.78. The van der Waals surface area contributed by atoms with Gasteiger partial charge in [0.05, 0.1) is 12.7 Å². The van der Waals surface area contributed by atoms with Gasteiger partial charge in [0.25, 0.3) is 0 Å². The molecule has 0 spiro atoms. The highest BCUT2D eigenvalue weighted by Gasteiger charge is 2.61. The third-order valence-corrected chi connectivity index (χ3v) is 6.46. The van der Waals surface area contributed by atoms with Gasteiger partial charge < -0.3 is 14.7 Å². The van der Waals surface area contributed by atoms with Crippen LogP contribution in [0.25, 0.3) is 0 Å². The lowest BCUT2D eigenvalue weighted by molar-refractivity contribution is -0.200. The van der Waals surface area contributed by atoms with E-state index in [1.807, 2.05) is 19.1 Å². The van der Waals surface area contributed by atoms with Crippen molar-refractivity contribution in [1.29, 1.82) is 0 Å². The van der Waals surface area contributed by atoms with E-state index < -0.39 is 11.5 Å². The van der Waals surface area contributed by atoms with Crippen LogP contribution >= 0.6 is 0 Å². The fourth-order valence-corrected chi connectivity index (χ4v) is 5.28. The molecule has 1 aromatic rings. The molecule has 1 aromatic carbocycles. The minimum atomic E-state index is -0.789. The van der Waals surface area contributed by atoms with Crippen molar-refractivity contribution in [1.82, 2.24) is 4.90 Å². The second-order valence-electron chi connectivity index (χ2n) is 8.29. The molecule has 1 saturated carbocycles. The number of rotatable bonds is 8. The van der Waals surface area contributed by atoms with Gasteiger partial charge in [-0.2, -0.15) is 0 Å². The van der Waals surface area contributed by atoms with E-state index in [9.17, 15) is 9.90 Å². The van der Waals surface area contributed by atoms with Gasteiger partial charge in [-0.1, -0.05) is 42.8 Å². The first-order valence-corrected chi connectivity index (χ1v) is 10.3. The topological polar surface area (TPSA) is 49.8 Å². The van der Waals surface area contributed by atoms with Crippen LogP contribution in [-0.2, 0) is 16.0 Å². The molecule has 27 heavy (non-hydrogen) atoms. The maximum Gasteiger partial charge on any atom is 0.316 e. The molecule has 2 aliphatic rings. The molecule has 2 fully saturated rings. The molecule has 148 valence electrons. The number of aryl methyl sites for hydroxylation is 1. The van der Waals surface area contributed by atoms with E-state index in [1.54, 1.807) is 0 Å². The highest BCUT2D eigenvalue weighted by Crippen LogP contribution is 2.53. The SMILES string of the molecule is C=CC[C@@]12CCC[C@@](C(=O)OCC)(CN(CCCc3ccccc3)C1)[C@H]2O. The minimum Gasteiger partial charge on any atom is -0.465 e. The van der Waals surface area contributed by atoms with Crippen molar-refractivity contribution in [3.8, 4) is 0 Å². The van der Waals surface area contributed by atoms with Crippen LogP contribution in [0.5, 0.6) is 0 Å². The zero-order chi connectivity index (χ0) is 19.3. The largest absolute Gasteiger partial charge is 0.465 e. The molecule has 0 aromatic heterocycles. The Morgan fingerprint density at radius 3 is 2.81 bits per heavy atom. The Balaban J connectivity index is 1.75. The summed E-state index contributed by atoms with van der Waals surface area (Å²) in [6.45, 7) is 8.47. The zero-order valence-corrected chi connectivity index (χ0v) is 16.5. The average Bonchev–Trinajstić information content (AvgIpc) is 2.65. The number of esters is 1. The molecule has 0 unspecified atom stereocenters. The van der Waals surface area contributed by atoms with Gasteiger partial charge in [-0.15, -0.1) is 6.58 Å². The summed E-state index contributed by atoms with van der Waals surface area (Å²) in [5, 5.41) is 11.3. The molecular formula is C23H33NO3. The van der Waals surface area contributed by atoms with E-state index in [-0.39, 0.29) is 11.4 Å². The van der Waals surface area contributed by atoms with E-state index in [0.29, 0.717) is 19.6 Å². The van der Waals surface area contributed by atoms with Gasteiger partial charge in [0.2, 0.25) is 0 Å². The number of benzene rings is 1. The zero-order valence-electron chi connectivity index (χ0n) is 16.5. The van der Waals surface area contributed by atoms with Crippen LogP contribution in [0, 0.1) is 10.8 Å². The van der Waals surface area contributed by atoms with Gasteiger partial charge in [0.1, 0.15) is 5.41 Å². The number of nitrogens with zero attached hydrogens (tertiary/aromatic N) is 1. The number of hydrogen-bond acceptors (Lipinski definition) is 4. The lowest BCUT2D eigenvalue weighted by Crippen LogP contribution is -2.67. The summed E-state index contributed by atoms with van der Waals surface area (Å²) >= 11 is 0. The summed E-state index contributed by atoms with van der Waals surface area (Å²) in [7, 11) is 0. The fourth-order valence-electron chi connectivity index (χ4n) is 5.28. The number of aliphatic hydroxyl groups is 1. The number of carbonyl (C=O) groups excluding carboxylic acids is 1. The van der Waals surface area contributed by atoms with Crippen LogP contribution in [-0.4, -0.2) is 48.3 Å². The maximum absolute atomic E-state index is 12.9. The molecule has 1 saturated heterocycles. The lowest BCUT2D eigenvalue weighted by atomic mass is 9.55. The molecule has 4 nitrogen and oxygen atoms in total. The summed E-state index contributed by atoms with van der Waals surface area (Å²) in [5.74, 6) is -0.224. The molecule has 3 rings (SSSR count). The fraction of sp³-hybridized carbons (Fsp3) is 0.609. The normalized spacial score (nSPS) is 30.7. The standard InChI is InChI=1S/C23H33NO3/c1-3-13-22-14-9-15-23(20(22)25,21(26)27-4-2)18-24(17-22)16-8-12-19-10-6-5-7-11-19/h3,5-7,10-11,20,25H,1,4,8-9,12-18H2,2H3/t20-,22+,23+/m0/s1. The second kappa shape index (κ2) is 8.57. The van der Waals surface area contributed by atoms with Gasteiger partial charge in [0, 0.05) is 18.5 Å². The summed E-state index contributed by atoms with van der Waals surface area (Å²) in [6.07, 6.45) is 6.67. The summed E-state index contributed by atoms with van der Waals surface area (Å²) in [5.41, 5.74) is 0.274. The molecule has 2 bridgehead atoms. The van der Waals surface area contributed by atoms with Crippen molar-refractivity contribution < 1.29 is 14.6 Å². The molecule has 0 amide bonds. The van der Waals surface area contributed by atoms with E-state index in [4.69, 9.17) is 4.74 Å². The van der Waals surface area contributed by atoms with Crippen molar-refractivity contribution in [3.63, 3.8) is 0 Å². The smallest absolute Gasteiger partial charge is 0.316 e. The number of hydrogen-bond donors (Lipinski definition) is 1. The summed E-state index contributed by atoms with van der Waals surface area (Å²) in [6, 6.07) is 10.5. The predicted molar refractivity (Wildman–Crippen MR) is 107 cm³/mol. The van der Waals surface area contributed by atoms with E-state index in [1.165, 1.54) is 5.56 Å². The molecule has 1 heterocycles. The van der Waals surface area contributed by atoms with Crippen LogP contribution in [0.2, 0.25) is 0 Å². The maximum atomic E-state index is 12.9. The van der Waals surface area contributed by atoms with E-state index in [0.717, 1.165) is 45.2 Å². The molecule has 4 heteroatoms. The number of ether oxygens (including phenoxy) is 1. The number of fused-ring (bicyclic) bond motifs is 2. The Hall–Kier alpha value is -1.65. The van der Waals surface area contributed by atoms with E-state index >= 15 is 0 Å².